The predicted molar refractivity (Wildman–Crippen MR) is 113 cm³/mol. The molecule has 0 aromatic carbocycles. The molecule has 0 aromatic rings. The van der Waals surface area contributed by atoms with Crippen molar-refractivity contribution >= 4 is 23.9 Å². The summed E-state index contributed by atoms with van der Waals surface area (Å²) < 4.78 is 23.1. The van der Waals surface area contributed by atoms with Gasteiger partial charge in [-0.1, -0.05) is 17.7 Å². The van der Waals surface area contributed by atoms with E-state index in [1.54, 1.807) is 19.9 Å². The molecule has 2 aliphatic carbocycles. The summed E-state index contributed by atoms with van der Waals surface area (Å²) in [5, 5.41) is 0. The number of hydrogen-bond donors (Lipinski definition) is 0. The van der Waals surface area contributed by atoms with Crippen LogP contribution in [-0.2, 0) is 38.1 Å². The van der Waals surface area contributed by atoms with Gasteiger partial charge in [-0.2, -0.15) is 0 Å². The first-order chi connectivity index (χ1) is 14.8. The molecule has 3 rings (SSSR count). The van der Waals surface area contributed by atoms with E-state index in [-0.39, 0.29) is 18.3 Å². The summed E-state index contributed by atoms with van der Waals surface area (Å²) in [6.45, 7) is 11.2. The lowest BCUT2D eigenvalue weighted by atomic mass is 9.75. The molecule has 0 bridgehead atoms. The SMILES string of the molecule is CC=C(C)C(=O)O[C@@H]1C[C@@](C)(OC(C)=O)[C@H]2CC=C(C)[C@H]2[C@@H]2OC(=O)[C@](C)(OC(C)=O)[C@@H]21. The monoisotopic (exact) mass is 448 g/mol. The van der Waals surface area contributed by atoms with Crippen molar-refractivity contribution in [3.8, 4) is 0 Å². The fraction of sp³-hybridized carbons (Fsp3) is 0.667. The lowest BCUT2D eigenvalue weighted by molar-refractivity contribution is -0.182. The van der Waals surface area contributed by atoms with E-state index in [2.05, 4.69) is 6.08 Å². The summed E-state index contributed by atoms with van der Waals surface area (Å²) >= 11 is 0. The van der Waals surface area contributed by atoms with Crippen LogP contribution in [0.25, 0.3) is 0 Å². The van der Waals surface area contributed by atoms with Crippen molar-refractivity contribution in [3.63, 3.8) is 0 Å². The van der Waals surface area contributed by atoms with Crippen molar-refractivity contribution in [2.45, 2.75) is 84.7 Å². The van der Waals surface area contributed by atoms with Crippen LogP contribution in [0.4, 0.5) is 0 Å². The van der Waals surface area contributed by atoms with E-state index >= 15 is 0 Å². The van der Waals surface area contributed by atoms with Crippen LogP contribution in [0.2, 0.25) is 0 Å². The second-order valence-electron chi connectivity index (χ2n) is 9.44. The highest BCUT2D eigenvalue weighted by Crippen LogP contribution is 2.55. The van der Waals surface area contributed by atoms with Crippen LogP contribution in [-0.4, -0.2) is 47.3 Å². The van der Waals surface area contributed by atoms with Crippen molar-refractivity contribution in [2.24, 2.45) is 17.8 Å². The number of rotatable bonds is 4. The van der Waals surface area contributed by atoms with E-state index in [0.29, 0.717) is 12.0 Å². The second kappa shape index (κ2) is 8.37. The van der Waals surface area contributed by atoms with Gasteiger partial charge in [0.05, 0.1) is 5.92 Å². The third kappa shape index (κ3) is 3.95. The zero-order valence-electron chi connectivity index (χ0n) is 19.7. The minimum atomic E-state index is -1.64. The van der Waals surface area contributed by atoms with Gasteiger partial charge in [0, 0.05) is 37.7 Å². The minimum absolute atomic E-state index is 0.145. The van der Waals surface area contributed by atoms with Crippen LogP contribution in [0.15, 0.2) is 23.3 Å². The third-order valence-corrected chi connectivity index (χ3v) is 7.18. The maximum Gasteiger partial charge on any atom is 0.351 e. The Morgan fingerprint density at radius 2 is 1.75 bits per heavy atom. The largest absolute Gasteiger partial charge is 0.459 e. The first-order valence-electron chi connectivity index (χ1n) is 10.9. The van der Waals surface area contributed by atoms with Gasteiger partial charge in [-0.25, -0.2) is 9.59 Å². The van der Waals surface area contributed by atoms with Crippen LogP contribution in [0.1, 0.15) is 61.3 Å². The molecule has 1 aliphatic heterocycles. The van der Waals surface area contributed by atoms with Gasteiger partial charge in [-0.15, -0.1) is 0 Å². The molecule has 0 radical (unpaired) electrons. The molecule has 1 heterocycles. The Morgan fingerprint density at radius 3 is 2.31 bits per heavy atom. The van der Waals surface area contributed by atoms with E-state index in [1.165, 1.54) is 20.8 Å². The van der Waals surface area contributed by atoms with Gasteiger partial charge >= 0.3 is 23.9 Å². The summed E-state index contributed by atoms with van der Waals surface area (Å²) in [6, 6.07) is 0. The second-order valence-corrected chi connectivity index (χ2v) is 9.44. The molecule has 176 valence electrons. The Hall–Kier alpha value is -2.64. The lowest BCUT2D eigenvalue weighted by Crippen LogP contribution is -2.51. The van der Waals surface area contributed by atoms with Crippen LogP contribution >= 0.6 is 0 Å². The number of allylic oxidation sites excluding steroid dienone is 2. The molecule has 3 aliphatic rings. The van der Waals surface area contributed by atoms with Crippen molar-refractivity contribution in [1.82, 2.24) is 0 Å². The molecule has 0 spiro atoms. The molecule has 0 aromatic heterocycles. The highest BCUT2D eigenvalue weighted by atomic mass is 16.6. The Morgan fingerprint density at radius 1 is 1.12 bits per heavy atom. The molecule has 1 saturated carbocycles. The van der Waals surface area contributed by atoms with Gasteiger partial charge in [0.1, 0.15) is 17.8 Å². The molecule has 0 unspecified atom stereocenters. The van der Waals surface area contributed by atoms with Gasteiger partial charge in [0.2, 0.25) is 5.60 Å². The zero-order valence-corrected chi connectivity index (χ0v) is 19.7. The summed E-state index contributed by atoms with van der Waals surface area (Å²) in [6.07, 6.45) is 2.87. The average molecular weight is 449 g/mol. The lowest BCUT2D eigenvalue weighted by Gasteiger charge is -2.38. The van der Waals surface area contributed by atoms with Crippen molar-refractivity contribution < 1.29 is 38.1 Å². The normalized spacial score (nSPS) is 38.6. The molecule has 8 heteroatoms. The quantitative estimate of drug-likeness (QED) is 0.280. The van der Waals surface area contributed by atoms with Gasteiger partial charge in [0.25, 0.3) is 0 Å². The Kier molecular flexibility index (Phi) is 6.28. The molecule has 7 atom stereocenters. The summed E-state index contributed by atoms with van der Waals surface area (Å²) in [7, 11) is 0. The smallest absolute Gasteiger partial charge is 0.351 e. The van der Waals surface area contributed by atoms with Crippen molar-refractivity contribution in [3.05, 3.63) is 23.3 Å². The van der Waals surface area contributed by atoms with Crippen LogP contribution in [0.3, 0.4) is 0 Å². The fourth-order valence-electron chi connectivity index (χ4n) is 5.65. The first kappa shape index (κ1) is 24.0. The van der Waals surface area contributed by atoms with Crippen molar-refractivity contribution in [1.29, 1.82) is 0 Å². The number of carbonyl (C=O) groups is 4. The number of ether oxygens (including phenoxy) is 4. The Bertz CT molecular complexity index is 902. The highest BCUT2D eigenvalue weighted by molar-refractivity contribution is 5.88. The average Bonchev–Trinajstić information content (AvgIpc) is 3.14. The molecule has 0 N–H and O–H groups in total. The van der Waals surface area contributed by atoms with E-state index in [1.807, 2.05) is 13.8 Å². The highest BCUT2D eigenvalue weighted by Gasteiger charge is 2.68. The maximum absolute atomic E-state index is 13.0. The maximum atomic E-state index is 13.0. The molecule has 1 saturated heterocycles. The van der Waals surface area contributed by atoms with E-state index in [9.17, 15) is 19.2 Å². The molecular formula is C24H32O8. The Labute approximate surface area is 188 Å². The van der Waals surface area contributed by atoms with Crippen LogP contribution in [0, 0.1) is 17.8 Å². The molecule has 0 amide bonds. The van der Waals surface area contributed by atoms with Gasteiger partial charge in [0.15, 0.2) is 0 Å². The van der Waals surface area contributed by atoms with E-state index in [0.717, 1.165) is 5.57 Å². The van der Waals surface area contributed by atoms with Gasteiger partial charge < -0.3 is 18.9 Å². The summed E-state index contributed by atoms with van der Waals surface area (Å²) in [5.74, 6) is -3.51. The topological polar surface area (TPSA) is 105 Å². The summed E-state index contributed by atoms with van der Waals surface area (Å²) in [5.41, 5.74) is -1.22. The number of fused-ring (bicyclic) bond motifs is 3. The van der Waals surface area contributed by atoms with E-state index in [4.69, 9.17) is 18.9 Å². The molecule has 32 heavy (non-hydrogen) atoms. The van der Waals surface area contributed by atoms with Crippen LogP contribution < -0.4 is 0 Å². The van der Waals surface area contributed by atoms with Crippen molar-refractivity contribution in [2.75, 3.05) is 0 Å². The standard InChI is InChI=1S/C24H32O8/c1-8-12(2)21(27)29-17-11-23(6,31-14(4)25)16-10-9-13(3)18(16)20-19(17)24(7,22(28)30-20)32-15(5)26/h8-9,16-20H,10-11H2,1-7H3/t16-,17+,18+,19+,20-,23+,24+/m0/s1. The molecule has 2 fully saturated rings. The Balaban J connectivity index is 2.16. The fourth-order valence-corrected chi connectivity index (χ4v) is 5.65. The predicted octanol–water partition coefficient (Wildman–Crippen LogP) is 3.04. The van der Waals surface area contributed by atoms with Crippen LogP contribution in [0.5, 0.6) is 0 Å². The third-order valence-electron chi connectivity index (χ3n) is 7.18. The van der Waals surface area contributed by atoms with Gasteiger partial charge in [-0.3, -0.25) is 9.59 Å². The summed E-state index contributed by atoms with van der Waals surface area (Å²) in [4.78, 5) is 49.7. The zero-order chi connectivity index (χ0) is 24.0. The molecular weight excluding hydrogens is 416 g/mol. The number of carbonyl (C=O) groups excluding carboxylic acids is 4. The minimum Gasteiger partial charge on any atom is -0.459 e. The van der Waals surface area contributed by atoms with E-state index < -0.39 is 53.2 Å². The number of esters is 4. The molecule has 8 nitrogen and oxygen atoms in total. The first-order valence-corrected chi connectivity index (χ1v) is 10.9. The van der Waals surface area contributed by atoms with Gasteiger partial charge in [-0.05, 0) is 41.0 Å². The number of hydrogen-bond acceptors (Lipinski definition) is 8.